The Bertz CT molecular complexity index is 565. The van der Waals surface area contributed by atoms with E-state index in [4.69, 9.17) is 5.26 Å². The van der Waals surface area contributed by atoms with Crippen LogP contribution in [0.4, 0.5) is 0 Å². The highest BCUT2D eigenvalue weighted by Crippen LogP contribution is 2.41. The van der Waals surface area contributed by atoms with Gasteiger partial charge in [0.05, 0.1) is 25.0 Å². The fourth-order valence-corrected chi connectivity index (χ4v) is 3.78. The van der Waals surface area contributed by atoms with Crippen LogP contribution in [-0.2, 0) is 10.0 Å². The van der Waals surface area contributed by atoms with Crippen molar-refractivity contribution in [1.29, 1.82) is 5.26 Å². The lowest BCUT2D eigenvalue weighted by Crippen LogP contribution is -2.64. The highest BCUT2D eigenvalue weighted by molar-refractivity contribution is 7.88. The van der Waals surface area contributed by atoms with Gasteiger partial charge in [-0.3, -0.25) is 0 Å². The van der Waals surface area contributed by atoms with E-state index in [0.717, 1.165) is 16.1 Å². The molecule has 2 rings (SSSR count). The van der Waals surface area contributed by atoms with Crippen molar-refractivity contribution in [3.8, 4) is 6.07 Å². The molecule has 0 unspecified atom stereocenters. The topological polar surface area (TPSA) is 81.4 Å². The third kappa shape index (κ3) is 2.01. The van der Waals surface area contributed by atoms with Crippen LogP contribution in [0.3, 0.4) is 0 Å². The summed E-state index contributed by atoms with van der Waals surface area (Å²) in [4.78, 5) is 0. The summed E-state index contributed by atoms with van der Waals surface area (Å²) < 4.78 is 24.3. The number of hydrogen-bond donors (Lipinski definition) is 1. The maximum absolute atomic E-state index is 11.6. The minimum absolute atomic E-state index is 0.268. The van der Waals surface area contributed by atoms with E-state index in [1.54, 1.807) is 0 Å². The Hall–Kier alpha value is -1.42. The average molecular weight is 266 g/mol. The monoisotopic (exact) mass is 266 g/mol. The van der Waals surface area contributed by atoms with Crippen LogP contribution in [0.1, 0.15) is 11.5 Å². The van der Waals surface area contributed by atoms with E-state index in [-0.39, 0.29) is 12.5 Å². The molecule has 18 heavy (non-hydrogen) atoms. The smallest absolute Gasteiger partial charge is 0.212 e. The van der Waals surface area contributed by atoms with Crippen LogP contribution in [-0.4, -0.2) is 42.8 Å². The molecule has 1 aliphatic heterocycles. The third-order valence-corrected chi connectivity index (χ3v) is 4.51. The van der Waals surface area contributed by atoms with Gasteiger partial charge in [-0.25, -0.2) is 8.42 Å². The molecule has 1 aromatic rings. The van der Waals surface area contributed by atoms with E-state index in [9.17, 15) is 13.5 Å². The summed E-state index contributed by atoms with van der Waals surface area (Å²) in [5.41, 5.74) is 0.878. The Morgan fingerprint density at radius 2 is 2.00 bits per heavy atom. The second-order valence-corrected chi connectivity index (χ2v) is 6.24. The molecule has 1 heterocycles. The molecular formula is C12H14N2O3S. The summed E-state index contributed by atoms with van der Waals surface area (Å²) >= 11 is 0. The number of aliphatic hydroxyl groups is 1. The van der Waals surface area contributed by atoms with Crippen molar-refractivity contribution in [3.05, 3.63) is 35.9 Å². The molecule has 1 fully saturated rings. The van der Waals surface area contributed by atoms with Crippen molar-refractivity contribution < 1.29 is 13.5 Å². The third-order valence-electron chi connectivity index (χ3n) is 3.24. The predicted molar refractivity (Wildman–Crippen MR) is 66.1 cm³/mol. The lowest BCUT2D eigenvalue weighted by atomic mass is 9.78. The minimum Gasteiger partial charge on any atom is -0.395 e. The molecule has 96 valence electrons. The number of hydrogen-bond acceptors (Lipinski definition) is 4. The molecule has 1 aliphatic rings. The number of nitriles is 1. The molecule has 0 radical (unpaired) electrons. The molecule has 0 aromatic heterocycles. The van der Waals surface area contributed by atoms with Crippen molar-refractivity contribution in [2.75, 3.05) is 12.9 Å². The van der Waals surface area contributed by atoms with Gasteiger partial charge in [0.25, 0.3) is 0 Å². The molecule has 0 bridgehead atoms. The first-order chi connectivity index (χ1) is 8.50. The molecule has 5 nitrogen and oxygen atoms in total. The van der Waals surface area contributed by atoms with E-state index >= 15 is 0 Å². The Morgan fingerprint density at radius 3 is 2.44 bits per heavy atom. The van der Waals surface area contributed by atoms with Crippen LogP contribution in [0, 0.1) is 11.3 Å². The fourth-order valence-electron chi connectivity index (χ4n) is 2.49. The lowest BCUT2D eigenvalue weighted by molar-refractivity contribution is 0.0564. The predicted octanol–water partition coefficient (Wildman–Crippen LogP) is 0.298. The zero-order valence-electron chi connectivity index (χ0n) is 9.89. The molecule has 0 amide bonds. The van der Waals surface area contributed by atoms with Crippen LogP contribution in [0.2, 0.25) is 0 Å². The van der Waals surface area contributed by atoms with Crippen LogP contribution in [0.15, 0.2) is 30.3 Å². The Balaban J connectivity index is 2.37. The van der Waals surface area contributed by atoms with Gasteiger partial charge in [-0.1, -0.05) is 30.3 Å². The minimum atomic E-state index is -3.48. The Kier molecular flexibility index (Phi) is 3.39. The summed E-state index contributed by atoms with van der Waals surface area (Å²) in [6.07, 6.45) is 1.06. The van der Waals surface area contributed by atoms with E-state index in [1.807, 2.05) is 36.4 Å². The SMILES string of the molecule is CS(=O)(=O)N1[C@H](CO)[C@H](c2ccccc2)[C@@H]1C#N. The van der Waals surface area contributed by atoms with Crippen molar-refractivity contribution in [2.45, 2.75) is 18.0 Å². The molecule has 1 N–H and O–H groups in total. The highest BCUT2D eigenvalue weighted by Gasteiger charge is 2.53. The molecule has 1 saturated heterocycles. The van der Waals surface area contributed by atoms with E-state index in [1.165, 1.54) is 0 Å². The second kappa shape index (κ2) is 4.69. The summed E-state index contributed by atoms with van der Waals surface area (Å²) in [5.74, 6) is -0.268. The van der Waals surface area contributed by atoms with Crippen molar-refractivity contribution >= 4 is 10.0 Å². The standard InChI is InChI=1S/C12H14N2O3S/c1-18(16,17)14-10(7-13)12(11(14)8-15)9-5-3-2-4-6-9/h2-6,10-12,15H,8H2,1H3/t10-,11+,12+/m0/s1. The summed E-state index contributed by atoms with van der Waals surface area (Å²) in [5, 5.41) is 18.5. The molecule has 1 aromatic carbocycles. The number of rotatable bonds is 3. The number of aliphatic hydroxyl groups excluding tert-OH is 1. The first-order valence-corrected chi connectivity index (χ1v) is 7.39. The number of nitrogens with zero attached hydrogens (tertiary/aromatic N) is 2. The maximum atomic E-state index is 11.6. The highest BCUT2D eigenvalue weighted by atomic mass is 32.2. The number of sulfonamides is 1. The van der Waals surface area contributed by atoms with E-state index < -0.39 is 22.1 Å². The molecule has 0 aliphatic carbocycles. The van der Waals surface area contributed by atoms with Crippen molar-refractivity contribution in [1.82, 2.24) is 4.31 Å². The molecule has 0 saturated carbocycles. The Labute approximate surface area is 106 Å². The van der Waals surface area contributed by atoms with Gasteiger partial charge in [-0.2, -0.15) is 9.57 Å². The lowest BCUT2D eigenvalue weighted by Gasteiger charge is -2.49. The molecule has 0 spiro atoms. The average Bonchev–Trinajstić information content (AvgIpc) is 2.28. The molecule has 6 heteroatoms. The first kappa shape index (κ1) is 13.0. The second-order valence-electron chi connectivity index (χ2n) is 4.35. The van der Waals surface area contributed by atoms with Gasteiger partial charge in [-0.15, -0.1) is 0 Å². The molecule has 3 atom stereocenters. The zero-order chi connectivity index (χ0) is 13.3. The fraction of sp³-hybridized carbons (Fsp3) is 0.417. The van der Waals surface area contributed by atoms with Crippen LogP contribution in [0.25, 0.3) is 0 Å². The van der Waals surface area contributed by atoms with Gasteiger partial charge in [0, 0.05) is 5.92 Å². The zero-order valence-corrected chi connectivity index (χ0v) is 10.7. The summed E-state index contributed by atoms with van der Waals surface area (Å²) in [7, 11) is -3.48. The maximum Gasteiger partial charge on any atom is 0.212 e. The first-order valence-electron chi connectivity index (χ1n) is 5.54. The van der Waals surface area contributed by atoms with Crippen molar-refractivity contribution in [2.24, 2.45) is 0 Å². The van der Waals surface area contributed by atoms with Gasteiger partial charge in [0.1, 0.15) is 6.04 Å². The van der Waals surface area contributed by atoms with Crippen molar-refractivity contribution in [3.63, 3.8) is 0 Å². The van der Waals surface area contributed by atoms with Crippen LogP contribution in [0.5, 0.6) is 0 Å². The summed E-state index contributed by atoms with van der Waals surface area (Å²) in [6, 6.07) is 9.93. The molecular weight excluding hydrogens is 252 g/mol. The van der Waals surface area contributed by atoms with Gasteiger partial charge in [-0.05, 0) is 5.56 Å². The van der Waals surface area contributed by atoms with Crippen LogP contribution < -0.4 is 0 Å². The van der Waals surface area contributed by atoms with Gasteiger partial charge in [0.2, 0.25) is 10.0 Å². The van der Waals surface area contributed by atoms with Gasteiger partial charge >= 0.3 is 0 Å². The van der Waals surface area contributed by atoms with E-state index in [0.29, 0.717) is 0 Å². The van der Waals surface area contributed by atoms with Crippen LogP contribution >= 0.6 is 0 Å². The normalized spacial score (nSPS) is 28.4. The Morgan fingerprint density at radius 1 is 1.39 bits per heavy atom. The quantitative estimate of drug-likeness (QED) is 0.853. The van der Waals surface area contributed by atoms with Gasteiger partial charge in [0.15, 0.2) is 0 Å². The number of benzene rings is 1. The van der Waals surface area contributed by atoms with E-state index in [2.05, 4.69) is 0 Å². The largest absolute Gasteiger partial charge is 0.395 e. The summed E-state index contributed by atoms with van der Waals surface area (Å²) in [6.45, 7) is -0.287. The van der Waals surface area contributed by atoms with Gasteiger partial charge < -0.3 is 5.11 Å².